The monoisotopic (exact) mass is 250 g/mol. The van der Waals surface area contributed by atoms with Crippen LogP contribution in [0.25, 0.3) is 0 Å². The zero-order chi connectivity index (χ0) is 13.8. The van der Waals surface area contributed by atoms with E-state index in [4.69, 9.17) is 10.5 Å². The highest BCUT2D eigenvalue weighted by atomic mass is 16.5. The van der Waals surface area contributed by atoms with Crippen molar-refractivity contribution in [2.75, 3.05) is 13.7 Å². The molecular weight excluding hydrogens is 224 g/mol. The Balaban J connectivity index is 2.83. The van der Waals surface area contributed by atoms with Gasteiger partial charge in [0.2, 0.25) is 0 Å². The van der Waals surface area contributed by atoms with Gasteiger partial charge in [-0.25, -0.2) is 0 Å². The SMILES string of the molecule is COc1cc(C(C)C)ccc1CNC(C)(C)CN. The number of rotatable bonds is 6. The second kappa shape index (κ2) is 6.21. The highest BCUT2D eigenvalue weighted by Gasteiger charge is 2.15. The molecule has 0 radical (unpaired) electrons. The maximum atomic E-state index is 5.71. The smallest absolute Gasteiger partial charge is 0.123 e. The van der Waals surface area contributed by atoms with Crippen LogP contribution in [0.2, 0.25) is 0 Å². The Hall–Kier alpha value is -1.06. The van der Waals surface area contributed by atoms with Gasteiger partial charge in [0, 0.05) is 24.2 Å². The zero-order valence-corrected chi connectivity index (χ0v) is 12.2. The zero-order valence-electron chi connectivity index (χ0n) is 12.2. The van der Waals surface area contributed by atoms with Crippen molar-refractivity contribution in [3.05, 3.63) is 29.3 Å². The Labute approximate surface area is 111 Å². The molecule has 0 fully saturated rings. The lowest BCUT2D eigenvalue weighted by Crippen LogP contribution is -2.45. The lowest BCUT2D eigenvalue weighted by atomic mass is 10.00. The van der Waals surface area contributed by atoms with Crippen molar-refractivity contribution >= 4 is 0 Å². The van der Waals surface area contributed by atoms with Gasteiger partial charge in [0.1, 0.15) is 5.75 Å². The van der Waals surface area contributed by atoms with Crippen LogP contribution < -0.4 is 15.8 Å². The maximum Gasteiger partial charge on any atom is 0.123 e. The average Bonchev–Trinajstić information content (AvgIpc) is 2.36. The van der Waals surface area contributed by atoms with Crippen LogP contribution in [0.5, 0.6) is 5.75 Å². The summed E-state index contributed by atoms with van der Waals surface area (Å²) in [5, 5.41) is 3.44. The van der Waals surface area contributed by atoms with Crippen molar-refractivity contribution in [3.8, 4) is 5.75 Å². The fraction of sp³-hybridized carbons (Fsp3) is 0.600. The van der Waals surface area contributed by atoms with E-state index in [1.165, 1.54) is 11.1 Å². The van der Waals surface area contributed by atoms with Crippen LogP contribution in [0.3, 0.4) is 0 Å². The first kappa shape index (κ1) is 15.0. The van der Waals surface area contributed by atoms with Crippen molar-refractivity contribution < 1.29 is 4.74 Å². The summed E-state index contributed by atoms with van der Waals surface area (Å²) in [4.78, 5) is 0. The van der Waals surface area contributed by atoms with E-state index in [1.54, 1.807) is 7.11 Å². The molecule has 1 rings (SSSR count). The van der Waals surface area contributed by atoms with Gasteiger partial charge in [0.15, 0.2) is 0 Å². The van der Waals surface area contributed by atoms with E-state index in [-0.39, 0.29) is 5.54 Å². The summed E-state index contributed by atoms with van der Waals surface area (Å²) in [5.74, 6) is 1.46. The second-order valence-electron chi connectivity index (χ2n) is 5.67. The van der Waals surface area contributed by atoms with E-state index in [2.05, 4.69) is 51.2 Å². The Morgan fingerprint density at radius 1 is 1.33 bits per heavy atom. The van der Waals surface area contributed by atoms with Gasteiger partial charge in [-0.15, -0.1) is 0 Å². The third-order valence-electron chi connectivity index (χ3n) is 3.25. The van der Waals surface area contributed by atoms with Crippen LogP contribution in [0.1, 0.15) is 44.7 Å². The standard InChI is InChI=1S/C15H26N2O/c1-11(2)12-6-7-13(14(8-12)18-5)9-17-15(3,4)10-16/h6-8,11,17H,9-10,16H2,1-5H3. The summed E-state index contributed by atoms with van der Waals surface area (Å²) >= 11 is 0. The fourth-order valence-corrected chi connectivity index (χ4v) is 1.67. The van der Waals surface area contributed by atoms with Gasteiger partial charge in [-0.05, 0) is 31.4 Å². The first-order valence-corrected chi connectivity index (χ1v) is 6.51. The quantitative estimate of drug-likeness (QED) is 0.816. The van der Waals surface area contributed by atoms with Crippen molar-refractivity contribution in [2.24, 2.45) is 5.73 Å². The molecule has 1 aromatic carbocycles. The molecule has 0 aromatic heterocycles. The number of nitrogens with two attached hydrogens (primary N) is 1. The van der Waals surface area contributed by atoms with Gasteiger partial charge >= 0.3 is 0 Å². The molecule has 0 aliphatic heterocycles. The van der Waals surface area contributed by atoms with Crippen molar-refractivity contribution in [2.45, 2.75) is 45.7 Å². The third kappa shape index (κ3) is 4.00. The fourth-order valence-electron chi connectivity index (χ4n) is 1.67. The number of hydrogen-bond donors (Lipinski definition) is 2. The molecule has 0 heterocycles. The highest BCUT2D eigenvalue weighted by Crippen LogP contribution is 2.25. The van der Waals surface area contributed by atoms with E-state index in [0.717, 1.165) is 12.3 Å². The van der Waals surface area contributed by atoms with Crippen LogP contribution in [0.15, 0.2) is 18.2 Å². The Bertz CT molecular complexity index is 386. The van der Waals surface area contributed by atoms with Gasteiger partial charge in [0.05, 0.1) is 7.11 Å². The maximum absolute atomic E-state index is 5.71. The first-order valence-electron chi connectivity index (χ1n) is 6.51. The summed E-state index contributed by atoms with van der Waals surface area (Å²) in [6.07, 6.45) is 0. The highest BCUT2D eigenvalue weighted by molar-refractivity contribution is 5.38. The van der Waals surface area contributed by atoms with Gasteiger partial charge in [0.25, 0.3) is 0 Å². The van der Waals surface area contributed by atoms with Crippen molar-refractivity contribution in [1.82, 2.24) is 5.32 Å². The number of benzene rings is 1. The van der Waals surface area contributed by atoms with E-state index < -0.39 is 0 Å². The van der Waals surface area contributed by atoms with Gasteiger partial charge in [-0.2, -0.15) is 0 Å². The van der Waals surface area contributed by atoms with Crippen LogP contribution >= 0.6 is 0 Å². The van der Waals surface area contributed by atoms with E-state index in [9.17, 15) is 0 Å². The average molecular weight is 250 g/mol. The summed E-state index contributed by atoms with van der Waals surface area (Å²) in [7, 11) is 1.72. The molecule has 102 valence electrons. The number of ether oxygens (including phenoxy) is 1. The molecule has 1 aromatic rings. The molecule has 3 N–H and O–H groups in total. The molecule has 0 atom stereocenters. The van der Waals surface area contributed by atoms with Gasteiger partial charge in [-0.1, -0.05) is 26.0 Å². The summed E-state index contributed by atoms with van der Waals surface area (Å²) in [6.45, 7) is 9.95. The lowest BCUT2D eigenvalue weighted by molar-refractivity contribution is 0.379. The van der Waals surface area contributed by atoms with Gasteiger partial charge in [-0.3, -0.25) is 0 Å². The van der Waals surface area contributed by atoms with Crippen LogP contribution in [0, 0.1) is 0 Å². The minimum Gasteiger partial charge on any atom is -0.496 e. The summed E-state index contributed by atoms with van der Waals surface area (Å²) < 4.78 is 5.46. The van der Waals surface area contributed by atoms with Crippen LogP contribution in [-0.2, 0) is 6.54 Å². The van der Waals surface area contributed by atoms with Crippen molar-refractivity contribution in [1.29, 1.82) is 0 Å². The van der Waals surface area contributed by atoms with Crippen LogP contribution in [-0.4, -0.2) is 19.2 Å². The van der Waals surface area contributed by atoms with E-state index in [0.29, 0.717) is 12.5 Å². The Morgan fingerprint density at radius 2 is 2.00 bits per heavy atom. The molecule has 0 unspecified atom stereocenters. The number of hydrogen-bond acceptors (Lipinski definition) is 3. The molecule has 0 saturated heterocycles. The minimum absolute atomic E-state index is 0.0538. The van der Waals surface area contributed by atoms with Crippen molar-refractivity contribution in [3.63, 3.8) is 0 Å². The number of methoxy groups -OCH3 is 1. The molecular formula is C15H26N2O. The molecule has 0 aliphatic carbocycles. The molecule has 0 bridgehead atoms. The molecule has 18 heavy (non-hydrogen) atoms. The molecule has 3 nitrogen and oxygen atoms in total. The Kier molecular flexibility index (Phi) is 5.17. The second-order valence-corrected chi connectivity index (χ2v) is 5.67. The summed E-state index contributed by atoms with van der Waals surface area (Å²) in [6, 6.07) is 6.42. The molecule has 3 heteroatoms. The Morgan fingerprint density at radius 3 is 2.50 bits per heavy atom. The largest absolute Gasteiger partial charge is 0.496 e. The number of nitrogens with one attached hydrogen (secondary N) is 1. The minimum atomic E-state index is -0.0538. The first-order chi connectivity index (χ1) is 8.39. The van der Waals surface area contributed by atoms with E-state index in [1.807, 2.05) is 0 Å². The van der Waals surface area contributed by atoms with Gasteiger partial charge < -0.3 is 15.8 Å². The normalized spacial score (nSPS) is 11.9. The third-order valence-corrected chi connectivity index (χ3v) is 3.25. The lowest BCUT2D eigenvalue weighted by Gasteiger charge is -2.25. The molecule has 0 spiro atoms. The predicted octanol–water partition coefficient (Wildman–Crippen LogP) is 2.65. The summed E-state index contributed by atoms with van der Waals surface area (Å²) in [5.41, 5.74) is 8.13. The molecule has 0 saturated carbocycles. The van der Waals surface area contributed by atoms with Crippen LogP contribution in [0.4, 0.5) is 0 Å². The van der Waals surface area contributed by atoms with E-state index >= 15 is 0 Å². The predicted molar refractivity (Wildman–Crippen MR) is 77.1 cm³/mol. The molecule has 0 aliphatic rings. The molecule has 0 amide bonds. The topological polar surface area (TPSA) is 47.3 Å².